The van der Waals surface area contributed by atoms with Gasteiger partial charge in [0.15, 0.2) is 0 Å². The summed E-state index contributed by atoms with van der Waals surface area (Å²) in [4.78, 5) is 29.9. The molecule has 6 heteroatoms. The predicted molar refractivity (Wildman–Crippen MR) is 88.1 cm³/mol. The van der Waals surface area contributed by atoms with Crippen LogP contribution in [0.2, 0.25) is 0 Å². The summed E-state index contributed by atoms with van der Waals surface area (Å²) in [6, 6.07) is 10.8. The molecule has 0 radical (unpaired) electrons. The second-order valence-electron chi connectivity index (χ2n) is 5.03. The number of nitrogens with one attached hydrogen (secondary N) is 1. The minimum Gasteiger partial charge on any atom is -0.319 e. The third kappa shape index (κ3) is 2.74. The van der Waals surface area contributed by atoms with E-state index in [9.17, 15) is 9.59 Å². The van der Waals surface area contributed by atoms with Gasteiger partial charge < -0.3 is 10.2 Å². The number of hydrogen-bond acceptors (Lipinski definition) is 3. The Labute approximate surface area is 136 Å². The maximum atomic E-state index is 12.3. The largest absolute Gasteiger partial charge is 0.319 e. The Kier molecular flexibility index (Phi) is 3.94. The molecule has 3 rings (SSSR count). The van der Waals surface area contributed by atoms with E-state index in [0.29, 0.717) is 22.5 Å². The summed E-state index contributed by atoms with van der Waals surface area (Å²) in [5, 5.41) is 2.85. The molecular formula is C16H14BrN3O2. The van der Waals surface area contributed by atoms with Crippen LogP contribution in [0.1, 0.15) is 23.0 Å². The molecule has 0 aliphatic carbocycles. The van der Waals surface area contributed by atoms with Crippen molar-refractivity contribution in [2.24, 2.45) is 0 Å². The van der Waals surface area contributed by atoms with Crippen molar-refractivity contribution in [1.82, 2.24) is 4.98 Å². The van der Waals surface area contributed by atoms with E-state index in [1.807, 2.05) is 12.1 Å². The number of benzene rings is 1. The second kappa shape index (κ2) is 5.88. The Morgan fingerprint density at radius 2 is 2.00 bits per heavy atom. The van der Waals surface area contributed by atoms with E-state index in [0.717, 1.165) is 17.7 Å². The van der Waals surface area contributed by atoms with Crippen LogP contribution in [0, 0.1) is 0 Å². The summed E-state index contributed by atoms with van der Waals surface area (Å²) in [5.74, 6) is -0.328. The maximum Gasteiger partial charge on any atom is 0.274 e. The maximum absolute atomic E-state index is 12.3. The highest BCUT2D eigenvalue weighted by atomic mass is 79.9. The average molecular weight is 360 g/mol. The molecule has 0 saturated heterocycles. The molecule has 5 nitrogen and oxygen atoms in total. The van der Waals surface area contributed by atoms with Gasteiger partial charge in [0.25, 0.3) is 5.91 Å². The first kappa shape index (κ1) is 14.7. The molecule has 112 valence electrons. The molecule has 1 aliphatic rings. The van der Waals surface area contributed by atoms with Crippen molar-refractivity contribution in [3.8, 4) is 0 Å². The van der Waals surface area contributed by atoms with Crippen molar-refractivity contribution in [2.75, 3.05) is 16.8 Å². The number of para-hydroxylation sites is 1. The van der Waals surface area contributed by atoms with Crippen LogP contribution in [-0.4, -0.2) is 23.3 Å². The van der Waals surface area contributed by atoms with Crippen LogP contribution in [0.15, 0.2) is 41.0 Å². The molecule has 1 aliphatic heterocycles. The number of amides is 2. The Hall–Kier alpha value is -2.21. The molecule has 0 bridgehead atoms. The summed E-state index contributed by atoms with van der Waals surface area (Å²) in [6.45, 7) is 2.18. The highest BCUT2D eigenvalue weighted by molar-refractivity contribution is 9.10. The molecule has 0 unspecified atom stereocenters. The Morgan fingerprint density at radius 3 is 2.73 bits per heavy atom. The fourth-order valence-electron chi connectivity index (χ4n) is 2.59. The van der Waals surface area contributed by atoms with Gasteiger partial charge in [-0.2, -0.15) is 0 Å². The molecule has 0 fully saturated rings. The summed E-state index contributed by atoms with van der Waals surface area (Å²) < 4.78 is 0.601. The first-order chi connectivity index (χ1) is 10.6. The number of pyridine rings is 1. The van der Waals surface area contributed by atoms with Crippen molar-refractivity contribution >= 4 is 39.1 Å². The van der Waals surface area contributed by atoms with Crippen molar-refractivity contribution in [3.05, 3.63) is 52.3 Å². The number of halogens is 1. The smallest absolute Gasteiger partial charge is 0.274 e. The zero-order valence-electron chi connectivity index (χ0n) is 12.0. The van der Waals surface area contributed by atoms with Gasteiger partial charge in [0.2, 0.25) is 5.91 Å². The van der Waals surface area contributed by atoms with E-state index in [2.05, 4.69) is 26.2 Å². The van der Waals surface area contributed by atoms with Gasteiger partial charge in [-0.3, -0.25) is 9.59 Å². The first-order valence-electron chi connectivity index (χ1n) is 6.90. The van der Waals surface area contributed by atoms with Crippen LogP contribution >= 0.6 is 15.9 Å². The first-order valence-corrected chi connectivity index (χ1v) is 7.69. The van der Waals surface area contributed by atoms with Crippen molar-refractivity contribution in [2.45, 2.75) is 13.3 Å². The Morgan fingerprint density at radius 1 is 1.23 bits per heavy atom. The van der Waals surface area contributed by atoms with Crippen molar-refractivity contribution in [1.29, 1.82) is 0 Å². The minimum absolute atomic E-state index is 0.0268. The third-order valence-electron chi connectivity index (χ3n) is 3.57. The van der Waals surface area contributed by atoms with Gasteiger partial charge in [-0.15, -0.1) is 0 Å². The van der Waals surface area contributed by atoms with Crippen molar-refractivity contribution in [3.63, 3.8) is 0 Å². The van der Waals surface area contributed by atoms with Gasteiger partial charge >= 0.3 is 0 Å². The summed E-state index contributed by atoms with van der Waals surface area (Å²) in [6.07, 6.45) is 0.799. The molecule has 0 saturated carbocycles. The van der Waals surface area contributed by atoms with E-state index in [-0.39, 0.29) is 11.8 Å². The zero-order chi connectivity index (χ0) is 15.7. The molecule has 2 aromatic rings. The number of hydrogen-bond donors (Lipinski definition) is 1. The molecule has 1 aromatic heterocycles. The lowest BCUT2D eigenvalue weighted by Crippen LogP contribution is -2.27. The Balaban J connectivity index is 1.92. The number of aromatic nitrogens is 1. The molecule has 0 spiro atoms. The van der Waals surface area contributed by atoms with Gasteiger partial charge in [-0.05, 0) is 46.1 Å². The zero-order valence-corrected chi connectivity index (χ0v) is 13.6. The summed E-state index contributed by atoms with van der Waals surface area (Å²) >= 11 is 3.25. The van der Waals surface area contributed by atoms with Gasteiger partial charge in [-0.1, -0.05) is 18.2 Å². The normalized spacial score (nSPS) is 12.9. The quantitative estimate of drug-likeness (QED) is 0.838. The minimum atomic E-state index is -0.301. The van der Waals surface area contributed by atoms with Crippen LogP contribution in [-0.2, 0) is 11.2 Å². The highest BCUT2D eigenvalue weighted by Gasteiger charge is 2.25. The van der Waals surface area contributed by atoms with Crippen LogP contribution in [0.5, 0.6) is 0 Å². The number of anilines is 2. The molecule has 1 N–H and O–H groups in total. The number of carbonyl (C=O) groups is 2. The standard InChI is InChI=1S/C16H14BrN3O2/c1-10(21)20-9-8-11-4-2-5-12(15(11)20)19-16(22)13-6-3-7-14(17)18-13/h2-7H,8-9H2,1H3,(H,19,22). The van der Waals surface area contributed by atoms with E-state index in [1.54, 1.807) is 29.2 Å². The number of carbonyl (C=O) groups excluding carboxylic acids is 2. The van der Waals surface area contributed by atoms with Crippen LogP contribution < -0.4 is 10.2 Å². The molecule has 2 heterocycles. The van der Waals surface area contributed by atoms with E-state index in [4.69, 9.17) is 0 Å². The fourth-order valence-corrected chi connectivity index (χ4v) is 2.94. The molecule has 1 aromatic carbocycles. The number of fused-ring (bicyclic) bond motifs is 1. The van der Waals surface area contributed by atoms with E-state index >= 15 is 0 Å². The number of rotatable bonds is 2. The summed E-state index contributed by atoms with van der Waals surface area (Å²) in [7, 11) is 0. The monoisotopic (exact) mass is 359 g/mol. The second-order valence-corrected chi connectivity index (χ2v) is 5.85. The van der Waals surface area contributed by atoms with Crippen LogP contribution in [0.3, 0.4) is 0 Å². The topological polar surface area (TPSA) is 62.3 Å². The lowest BCUT2D eigenvalue weighted by atomic mass is 10.1. The SMILES string of the molecule is CC(=O)N1CCc2cccc(NC(=O)c3cccc(Br)n3)c21. The van der Waals surface area contributed by atoms with Crippen LogP contribution in [0.4, 0.5) is 11.4 Å². The summed E-state index contributed by atoms with van der Waals surface area (Å²) in [5.41, 5.74) is 2.81. The highest BCUT2D eigenvalue weighted by Crippen LogP contribution is 2.35. The van der Waals surface area contributed by atoms with Gasteiger partial charge in [0, 0.05) is 13.5 Å². The van der Waals surface area contributed by atoms with Crippen molar-refractivity contribution < 1.29 is 9.59 Å². The Bertz CT molecular complexity index is 761. The van der Waals surface area contributed by atoms with E-state index < -0.39 is 0 Å². The molecule has 22 heavy (non-hydrogen) atoms. The molecular weight excluding hydrogens is 346 g/mol. The van der Waals surface area contributed by atoms with Gasteiger partial charge in [0.1, 0.15) is 10.3 Å². The fraction of sp³-hybridized carbons (Fsp3) is 0.188. The molecule has 2 amide bonds. The number of nitrogens with zero attached hydrogens (tertiary/aromatic N) is 2. The lowest BCUT2D eigenvalue weighted by molar-refractivity contribution is -0.116. The third-order valence-corrected chi connectivity index (χ3v) is 4.01. The van der Waals surface area contributed by atoms with E-state index in [1.165, 1.54) is 6.92 Å². The molecule has 0 atom stereocenters. The van der Waals surface area contributed by atoms with Gasteiger partial charge in [-0.25, -0.2) is 4.98 Å². The van der Waals surface area contributed by atoms with Gasteiger partial charge in [0.05, 0.1) is 11.4 Å². The predicted octanol–water partition coefficient (Wildman–Crippen LogP) is 3.01. The van der Waals surface area contributed by atoms with Crippen LogP contribution in [0.25, 0.3) is 0 Å². The average Bonchev–Trinajstić information content (AvgIpc) is 2.92. The lowest BCUT2D eigenvalue weighted by Gasteiger charge is -2.19.